The van der Waals surface area contributed by atoms with Gasteiger partial charge in [0.2, 0.25) is 0 Å². The number of carbonyl (C=O) groups is 1. The Labute approximate surface area is 206 Å². The van der Waals surface area contributed by atoms with E-state index in [4.69, 9.17) is 19.5 Å². The van der Waals surface area contributed by atoms with Crippen LogP contribution in [0.15, 0.2) is 71.3 Å². The molecule has 5 aromatic rings. The number of aryl methyl sites for hydroxylation is 1. The Balaban J connectivity index is 1.42. The fourth-order valence-corrected chi connectivity index (χ4v) is 4.77. The summed E-state index contributed by atoms with van der Waals surface area (Å²) in [6, 6.07) is 18.7. The van der Waals surface area contributed by atoms with Crippen LogP contribution in [0.1, 0.15) is 39.0 Å². The Morgan fingerprint density at radius 2 is 1.86 bits per heavy atom. The van der Waals surface area contributed by atoms with E-state index in [1.165, 1.54) is 0 Å². The van der Waals surface area contributed by atoms with E-state index in [0.717, 1.165) is 55.5 Å². The van der Waals surface area contributed by atoms with Crippen molar-refractivity contribution in [1.29, 1.82) is 0 Å². The summed E-state index contributed by atoms with van der Waals surface area (Å²) in [6.07, 6.45) is 6.68. The van der Waals surface area contributed by atoms with Gasteiger partial charge in [-0.3, -0.25) is 0 Å². The molecule has 6 nitrogen and oxygen atoms in total. The molecule has 35 heavy (non-hydrogen) atoms. The number of aromatic carboxylic acids is 1. The lowest BCUT2D eigenvalue weighted by molar-refractivity contribution is 0.0697. The topological polar surface area (TPSA) is 88.3 Å². The molecule has 0 saturated carbocycles. The normalized spacial score (nSPS) is 11.4. The number of carboxylic acid groups (broad SMARTS) is 1. The molecular formula is C28H23N3O3S. The van der Waals surface area contributed by atoms with Crippen LogP contribution in [0.2, 0.25) is 0 Å². The van der Waals surface area contributed by atoms with Gasteiger partial charge in [-0.25, -0.2) is 14.8 Å². The van der Waals surface area contributed by atoms with Crippen molar-refractivity contribution in [3.05, 3.63) is 94.2 Å². The minimum Gasteiger partial charge on any atom is -0.478 e. The summed E-state index contributed by atoms with van der Waals surface area (Å²) in [4.78, 5) is 22.8. The third-order valence-corrected chi connectivity index (χ3v) is 6.79. The lowest BCUT2D eigenvalue weighted by Gasteiger charge is -2.13. The number of hydrogen-bond donors (Lipinski definition) is 2. The summed E-state index contributed by atoms with van der Waals surface area (Å²) in [6.45, 7) is 4.05. The largest absolute Gasteiger partial charge is 0.478 e. The van der Waals surface area contributed by atoms with Gasteiger partial charge in [-0.15, -0.1) is 11.3 Å². The van der Waals surface area contributed by atoms with Crippen molar-refractivity contribution in [2.45, 2.75) is 20.3 Å². The van der Waals surface area contributed by atoms with Gasteiger partial charge >= 0.3 is 5.97 Å². The highest BCUT2D eigenvalue weighted by atomic mass is 32.1. The first kappa shape index (κ1) is 22.6. The van der Waals surface area contributed by atoms with Crippen LogP contribution in [-0.2, 0) is 6.42 Å². The molecular weight excluding hydrogens is 458 g/mol. The Bertz CT molecular complexity index is 1550. The van der Waals surface area contributed by atoms with Crippen LogP contribution in [0.4, 0.5) is 11.5 Å². The van der Waals surface area contributed by atoms with E-state index in [0.29, 0.717) is 5.82 Å². The zero-order valence-corrected chi connectivity index (χ0v) is 20.1. The predicted molar refractivity (Wildman–Crippen MR) is 141 cm³/mol. The number of carboxylic acids is 1. The quantitative estimate of drug-likeness (QED) is 0.251. The third kappa shape index (κ3) is 4.72. The molecule has 0 bridgehead atoms. The summed E-state index contributed by atoms with van der Waals surface area (Å²) >= 11 is 1.62. The van der Waals surface area contributed by atoms with Crippen molar-refractivity contribution in [2.24, 2.45) is 0 Å². The zero-order valence-electron chi connectivity index (χ0n) is 19.3. The minimum absolute atomic E-state index is 0.244. The van der Waals surface area contributed by atoms with Gasteiger partial charge in [-0.1, -0.05) is 25.1 Å². The number of rotatable bonds is 7. The van der Waals surface area contributed by atoms with E-state index in [1.54, 1.807) is 41.9 Å². The third-order valence-electron chi connectivity index (χ3n) is 5.75. The van der Waals surface area contributed by atoms with Gasteiger partial charge in [0, 0.05) is 32.8 Å². The van der Waals surface area contributed by atoms with Crippen LogP contribution in [0, 0.1) is 6.92 Å². The summed E-state index contributed by atoms with van der Waals surface area (Å²) in [5, 5.41) is 13.6. The van der Waals surface area contributed by atoms with Crippen molar-refractivity contribution in [3.8, 4) is 10.7 Å². The monoisotopic (exact) mass is 481 g/mol. The van der Waals surface area contributed by atoms with Crippen molar-refractivity contribution in [2.75, 3.05) is 5.32 Å². The molecule has 2 aromatic carbocycles. The highest BCUT2D eigenvalue weighted by Crippen LogP contribution is 2.31. The van der Waals surface area contributed by atoms with E-state index in [9.17, 15) is 4.79 Å². The molecule has 3 heterocycles. The summed E-state index contributed by atoms with van der Waals surface area (Å²) in [5.41, 5.74) is 4.87. The Hall–Kier alpha value is -4.23. The highest BCUT2D eigenvalue weighted by molar-refractivity contribution is 7.16. The number of benzene rings is 2. The van der Waals surface area contributed by atoms with Gasteiger partial charge < -0.3 is 14.8 Å². The summed E-state index contributed by atoms with van der Waals surface area (Å²) in [7, 11) is 0. The maximum absolute atomic E-state index is 11.1. The molecule has 7 heteroatoms. The van der Waals surface area contributed by atoms with Crippen LogP contribution >= 0.6 is 11.3 Å². The predicted octanol–water partition coefficient (Wildman–Crippen LogP) is 7.43. The maximum atomic E-state index is 11.1. The Kier molecular flexibility index (Phi) is 6.16. The average molecular weight is 482 g/mol. The van der Waals surface area contributed by atoms with Gasteiger partial charge in [0.05, 0.1) is 16.7 Å². The number of nitrogens with one attached hydrogen (secondary N) is 1. The number of fused-ring (bicyclic) bond motifs is 1. The van der Waals surface area contributed by atoms with Crippen molar-refractivity contribution >= 4 is 51.9 Å². The lowest BCUT2D eigenvalue weighted by atomic mass is 10.1. The van der Waals surface area contributed by atoms with E-state index in [1.807, 2.05) is 37.3 Å². The van der Waals surface area contributed by atoms with E-state index >= 15 is 0 Å². The molecule has 174 valence electrons. The molecule has 0 spiro atoms. The van der Waals surface area contributed by atoms with Crippen molar-refractivity contribution < 1.29 is 14.3 Å². The first-order valence-electron chi connectivity index (χ1n) is 11.2. The molecule has 2 N–H and O–H groups in total. The first-order valence-corrected chi connectivity index (χ1v) is 12.1. The number of nitrogens with zero attached hydrogens (tertiary/aromatic N) is 2. The molecule has 3 aromatic heterocycles. The fourth-order valence-electron chi connectivity index (χ4n) is 3.93. The summed E-state index contributed by atoms with van der Waals surface area (Å²) in [5.74, 6) is 0.436. The van der Waals surface area contributed by atoms with E-state index in [2.05, 4.69) is 30.5 Å². The number of thiophene rings is 1. The van der Waals surface area contributed by atoms with E-state index in [-0.39, 0.29) is 5.56 Å². The zero-order chi connectivity index (χ0) is 24.4. The first-order chi connectivity index (χ1) is 17.0. The Morgan fingerprint density at radius 3 is 2.63 bits per heavy atom. The summed E-state index contributed by atoms with van der Waals surface area (Å²) < 4.78 is 5.62. The molecule has 0 aliphatic heterocycles. The van der Waals surface area contributed by atoms with E-state index < -0.39 is 5.97 Å². The molecule has 0 amide bonds. The fraction of sp³-hybridized carbons (Fsp3) is 0.107. The molecule has 5 rings (SSSR count). The standard InChI is InChI=1S/C28H23N3O3S/c1-3-22-17(2)29-27(31-26(22)30-20-11-8-18(9-12-20)28(32)33)25-15-14-21(35-25)13-10-19-16-34-24-7-5-4-6-23(19)24/h4-16H,3H2,1-2H3,(H,32,33)(H,29,30,31). The second-order valence-electron chi connectivity index (χ2n) is 8.04. The van der Waals surface area contributed by atoms with Gasteiger partial charge in [-0.2, -0.15) is 0 Å². The number of aromatic nitrogens is 2. The van der Waals surface area contributed by atoms with Gasteiger partial charge in [-0.05, 0) is 68.0 Å². The van der Waals surface area contributed by atoms with Gasteiger partial charge in [0.15, 0.2) is 5.82 Å². The smallest absolute Gasteiger partial charge is 0.335 e. The second-order valence-corrected chi connectivity index (χ2v) is 9.16. The molecule has 0 unspecified atom stereocenters. The van der Waals surface area contributed by atoms with Crippen molar-refractivity contribution in [3.63, 3.8) is 0 Å². The molecule has 0 saturated heterocycles. The van der Waals surface area contributed by atoms with Gasteiger partial charge in [0.1, 0.15) is 11.4 Å². The minimum atomic E-state index is -0.950. The average Bonchev–Trinajstić information content (AvgIpc) is 3.50. The number of para-hydroxylation sites is 1. The van der Waals surface area contributed by atoms with Crippen LogP contribution < -0.4 is 5.32 Å². The molecule has 0 aliphatic carbocycles. The highest BCUT2D eigenvalue weighted by Gasteiger charge is 2.14. The van der Waals surface area contributed by atoms with Crippen LogP contribution in [0.5, 0.6) is 0 Å². The lowest BCUT2D eigenvalue weighted by Crippen LogP contribution is -2.05. The number of anilines is 2. The number of furan rings is 1. The Morgan fingerprint density at radius 1 is 1.06 bits per heavy atom. The number of hydrogen-bond acceptors (Lipinski definition) is 6. The maximum Gasteiger partial charge on any atom is 0.335 e. The SMILES string of the molecule is CCc1c(C)nc(-c2ccc(C=Cc3coc4ccccc34)s2)nc1Nc1ccc(C(=O)O)cc1. The van der Waals surface area contributed by atoms with Crippen LogP contribution in [-0.4, -0.2) is 21.0 Å². The van der Waals surface area contributed by atoms with Crippen LogP contribution in [0.3, 0.4) is 0 Å². The molecule has 0 atom stereocenters. The molecule has 0 fully saturated rings. The van der Waals surface area contributed by atoms with Gasteiger partial charge in [0.25, 0.3) is 0 Å². The molecule has 0 radical (unpaired) electrons. The molecule has 0 aliphatic rings. The van der Waals surface area contributed by atoms with Crippen molar-refractivity contribution in [1.82, 2.24) is 9.97 Å². The van der Waals surface area contributed by atoms with Crippen LogP contribution in [0.25, 0.3) is 33.8 Å². The second kappa shape index (κ2) is 9.56.